The van der Waals surface area contributed by atoms with Crippen LogP contribution in [0.5, 0.6) is 0 Å². The Hall–Kier alpha value is -0.250. The quantitative estimate of drug-likeness (QED) is 0.590. The van der Waals surface area contributed by atoms with E-state index in [-0.39, 0.29) is 6.09 Å². The summed E-state index contributed by atoms with van der Waals surface area (Å²) < 4.78 is 5.00. The zero-order chi connectivity index (χ0) is 11.4. The van der Waals surface area contributed by atoms with Gasteiger partial charge in [-0.1, -0.05) is 41.6 Å². The molecule has 0 spiro atoms. The van der Waals surface area contributed by atoms with Crippen LogP contribution in [0.3, 0.4) is 0 Å². The lowest BCUT2D eigenvalue weighted by Gasteiger charge is -2.34. The molecule has 2 aliphatic rings. The van der Waals surface area contributed by atoms with Crippen molar-refractivity contribution >= 4 is 22.0 Å². The first kappa shape index (κ1) is 12.2. The van der Waals surface area contributed by atoms with Gasteiger partial charge in [0.1, 0.15) is 6.61 Å². The van der Waals surface area contributed by atoms with E-state index in [1.54, 1.807) is 0 Å². The summed E-state index contributed by atoms with van der Waals surface area (Å²) in [5.74, 6) is 0. The van der Waals surface area contributed by atoms with Gasteiger partial charge in [0, 0.05) is 11.9 Å². The monoisotopic (exact) mass is 289 g/mol. The van der Waals surface area contributed by atoms with E-state index in [2.05, 4.69) is 15.9 Å². The number of cyclic esters (lactones) is 1. The number of ether oxygens (including phenoxy) is 1. The first-order valence-corrected chi connectivity index (χ1v) is 7.36. The molecule has 0 bridgehead atoms. The number of hydrogen-bond acceptors (Lipinski definition) is 2. The van der Waals surface area contributed by atoms with E-state index in [1.807, 2.05) is 4.90 Å². The summed E-state index contributed by atoms with van der Waals surface area (Å²) in [6.07, 6.45) is 7.65. The molecule has 0 aromatic heterocycles. The van der Waals surface area contributed by atoms with Crippen LogP contribution in [0.25, 0.3) is 0 Å². The minimum atomic E-state index is -0.121. The van der Waals surface area contributed by atoms with E-state index in [0.717, 1.165) is 18.4 Å². The van der Waals surface area contributed by atoms with Crippen molar-refractivity contribution in [2.75, 3.05) is 25.0 Å². The van der Waals surface area contributed by atoms with Crippen LogP contribution >= 0.6 is 15.9 Å². The number of nitrogens with zero attached hydrogens (tertiary/aromatic N) is 1. The zero-order valence-corrected chi connectivity index (χ0v) is 11.3. The Morgan fingerprint density at radius 2 is 1.94 bits per heavy atom. The third kappa shape index (κ3) is 2.70. The van der Waals surface area contributed by atoms with Gasteiger partial charge >= 0.3 is 6.09 Å². The fourth-order valence-corrected chi connectivity index (χ4v) is 3.52. The van der Waals surface area contributed by atoms with Crippen molar-refractivity contribution < 1.29 is 9.53 Å². The van der Waals surface area contributed by atoms with Crippen molar-refractivity contribution in [1.29, 1.82) is 0 Å². The third-order valence-electron chi connectivity index (χ3n) is 3.82. The predicted molar refractivity (Wildman–Crippen MR) is 66.9 cm³/mol. The van der Waals surface area contributed by atoms with Crippen molar-refractivity contribution in [2.24, 2.45) is 5.41 Å². The third-order valence-corrected chi connectivity index (χ3v) is 5.01. The van der Waals surface area contributed by atoms with E-state index in [4.69, 9.17) is 4.74 Å². The molecule has 4 heteroatoms. The van der Waals surface area contributed by atoms with E-state index in [9.17, 15) is 4.79 Å². The number of carbonyl (C=O) groups excluding carboxylic acids is 1. The van der Waals surface area contributed by atoms with Gasteiger partial charge < -0.3 is 9.64 Å². The summed E-state index contributed by atoms with van der Waals surface area (Å²) in [4.78, 5) is 13.4. The summed E-state index contributed by atoms with van der Waals surface area (Å²) in [5.41, 5.74) is 0.292. The maximum atomic E-state index is 11.5. The molecule has 0 aromatic carbocycles. The normalized spacial score (nSPS) is 25.3. The molecule has 1 amide bonds. The highest BCUT2D eigenvalue weighted by Crippen LogP contribution is 2.37. The van der Waals surface area contributed by atoms with Crippen molar-refractivity contribution in [3.63, 3.8) is 0 Å². The van der Waals surface area contributed by atoms with Crippen LogP contribution in [0.15, 0.2) is 0 Å². The van der Waals surface area contributed by atoms with Crippen LogP contribution in [0.4, 0.5) is 4.79 Å². The average Bonchev–Trinajstić information content (AvgIpc) is 2.56. The molecule has 0 N–H and O–H groups in total. The van der Waals surface area contributed by atoms with Crippen molar-refractivity contribution in [2.45, 2.75) is 38.5 Å². The molecule has 2 fully saturated rings. The maximum Gasteiger partial charge on any atom is 0.409 e. The number of alkyl halides is 1. The molecule has 0 radical (unpaired) electrons. The molecule has 0 atom stereocenters. The van der Waals surface area contributed by atoms with Crippen molar-refractivity contribution in [3.8, 4) is 0 Å². The first-order valence-electron chi connectivity index (χ1n) is 6.23. The molecule has 1 aliphatic carbocycles. The lowest BCUT2D eigenvalue weighted by Crippen LogP contribution is -2.39. The molecule has 0 unspecified atom stereocenters. The van der Waals surface area contributed by atoms with Gasteiger partial charge in [-0.2, -0.15) is 0 Å². The molecule has 1 saturated heterocycles. The Labute approximate surface area is 106 Å². The maximum absolute atomic E-state index is 11.5. The van der Waals surface area contributed by atoms with Gasteiger partial charge in [-0.3, -0.25) is 0 Å². The second-order valence-corrected chi connectivity index (χ2v) is 5.64. The summed E-state index contributed by atoms with van der Waals surface area (Å²) in [5, 5.41) is 1.00. The molecule has 16 heavy (non-hydrogen) atoms. The van der Waals surface area contributed by atoms with Crippen LogP contribution in [0.1, 0.15) is 38.5 Å². The van der Waals surface area contributed by atoms with Gasteiger partial charge in [-0.15, -0.1) is 0 Å². The summed E-state index contributed by atoms with van der Waals surface area (Å²) >= 11 is 3.65. The largest absolute Gasteiger partial charge is 0.448 e. The highest BCUT2D eigenvalue weighted by atomic mass is 79.9. The molecule has 1 aliphatic heterocycles. The highest BCUT2D eigenvalue weighted by Gasteiger charge is 2.35. The van der Waals surface area contributed by atoms with E-state index in [0.29, 0.717) is 12.0 Å². The Morgan fingerprint density at radius 3 is 2.44 bits per heavy atom. The molecular weight excluding hydrogens is 270 g/mol. The van der Waals surface area contributed by atoms with E-state index >= 15 is 0 Å². The SMILES string of the molecule is O=C1OCCN1CC1(CBr)CCCCCC1. The number of amides is 1. The minimum absolute atomic E-state index is 0.121. The van der Waals surface area contributed by atoms with Crippen LogP contribution < -0.4 is 0 Å². The number of hydrogen-bond donors (Lipinski definition) is 0. The Morgan fingerprint density at radius 1 is 1.25 bits per heavy atom. The standard InChI is InChI=1S/C12H20BrNO2/c13-9-12(5-3-1-2-4-6-12)10-14-7-8-16-11(14)15/h1-10H2. The molecule has 2 rings (SSSR count). The van der Waals surface area contributed by atoms with E-state index < -0.39 is 0 Å². The fourth-order valence-electron chi connectivity index (χ4n) is 2.79. The predicted octanol–water partition coefficient (Wildman–Crippen LogP) is 3.17. The van der Waals surface area contributed by atoms with Gasteiger partial charge in [0.2, 0.25) is 0 Å². The summed E-state index contributed by atoms with van der Waals surface area (Å²) in [7, 11) is 0. The van der Waals surface area contributed by atoms with Crippen molar-refractivity contribution in [1.82, 2.24) is 4.90 Å². The fraction of sp³-hybridized carbons (Fsp3) is 0.917. The molecule has 1 saturated carbocycles. The molecule has 3 nitrogen and oxygen atoms in total. The van der Waals surface area contributed by atoms with E-state index in [1.165, 1.54) is 38.5 Å². The number of rotatable bonds is 3. The molecule has 92 valence electrons. The molecule has 0 aromatic rings. The number of carbonyl (C=O) groups is 1. The average molecular weight is 290 g/mol. The number of halogens is 1. The van der Waals surface area contributed by atoms with Crippen LogP contribution in [-0.4, -0.2) is 36.0 Å². The van der Waals surface area contributed by atoms with Crippen LogP contribution in [0, 0.1) is 5.41 Å². The lowest BCUT2D eigenvalue weighted by molar-refractivity contribution is 0.138. The highest BCUT2D eigenvalue weighted by molar-refractivity contribution is 9.09. The van der Waals surface area contributed by atoms with Gasteiger partial charge in [-0.05, 0) is 18.3 Å². The van der Waals surface area contributed by atoms with Gasteiger partial charge in [0.05, 0.1) is 6.54 Å². The smallest absolute Gasteiger partial charge is 0.409 e. The zero-order valence-electron chi connectivity index (χ0n) is 9.71. The lowest BCUT2D eigenvalue weighted by atomic mass is 9.82. The van der Waals surface area contributed by atoms with Crippen molar-refractivity contribution in [3.05, 3.63) is 0 Å². The van der Waals surface area contributed by atoms with Crippen LogP contribution in [-0.2, 0) is 4.74 Å². The summed E-state index contributed by atoms with van der Waals surface area (Å²) in [6.45, 7) is 2.21. The second-order valence-electron chi connectivity index (χ2n) is 5.08. The molecule has 1 heterocycles. The topological polar surface area (TPSA) is 29.5 Å². The first-order chi connectivity index (χ1) is 7.76. The minimum Gasteiger partial charge on any atom is -0.448 e. The van der Waals surface area contributed by atoms with Crippen LogP contribution in [0.2, 0.25) is 0 Å². The van der Waals surface area contributed by atoms with Gasteiger partial charge in [0.15, 0.2) is 0 Å². The Kier molecular flexibility index (Phi) is 4.11. The summed E-state index contributed by atoms with van der Waals surface area (Å²) in [6, 6.07) is 0. The van der Waals surface area contributed by atoms with Gasteiger partial charge in [0.25, 0.3) is 0 Å². The molecular formula is C12H20BrNO2. The van der Waals surface area contributed by atoms with Gasteiger partial charge in [-0.25, -0.2) is 4.79 Å². The second kappa shape index (κ2) is 5.39. The Balaban J connectivity index is 1.99. The Bertz CT molecular complexity index is 249.